The summed E-state index contributed by atoms with van der Waals surface area (Å²) in [6, 6.07) is 12.0. The van der Waals surface area contributed by atoms with E-state index in [1.54, 1.807) is 6.07 Å². The Bertz CT molecular complexity index is 640. The highest BCUT2D eigenvalue weighted by Crippen LogP contribution is 2.23. The molecule has 2 aromatic carbocycles. The van der Waals surface area contributed by atoms with Gasteiger partial charge in [-0.3, -0.25) is 0 Å². The second kappa shape index (κ2) is 7.11. The summed E-state index contributed by atoms with van der Waals surface area (Å²) in [7, 11) is 0. The summed E-state index contributed by atoms with van der Waals surface area (Å²) >= 11 is 6.06. The maximum Gasteiger partial charge on any atom is 0.335 e. The number of benzene rings is 2. The molecule has 2 N–H and O–H groups in total. The molecule has 0 heterocycles. The van der Waals surface area contributed by atoms with E-state index in [1.165, 1.54) is 12.1 Å². The van der Waals surface area contributed by atoms with Crippen molar-refractivity contribution >= 4 is 17.6 Å². The maximum atomic E-state index is 10.8. The lowest BCUT2D eigenvalue weighted by Crippen LogP contribution is -2.02. The van der Waals surface area contributed by atoms with Gasteiger partial charge in [0.25, 0.3) is 0 Å². The summed E-state index contributed by atoms with van der Waals surface area (Å²) in [5.41, 5.74) is 1.77. The number of carboxylic acid groups (broad SMARTS) is 1. The highest BCUT2D eigenvalue weighted by atomic mass is 35.5. The second-order valence-electron chi connectivity index (χ2n) is 4.48. The first-order valence-corrected chi connectivity index (χ1v) is 6.83. The van der Waals surface area contributed by atoms with E-state index in [1.807, 2.05) is 24.3 Å². The molecule has 0 radical (unpaired) electrons. The summed E-state index contributed by atoms with van der Waals surface area (Å²) < 4.78 is 5.71. The summed E-state index contributed by atoms with van der Waals surface area (Å²) in [6.45, 7) is 0.287. The van der Waals surface area contributed by atoms with Crippen molar-refractivity contribution in [2.45, 2.75) is 13.0 Å². The average molecular weight is 307 g/mol. The largest absolute Gasteiger partial charge is 0.489 e. The summed E-state index contributed by atoms with van der Waals surface area (Å²) in [5, 5.41) is 18.3. The van der Waals surface area contributed by atoms with E-state index in [9.17, 15) is 4.79 Å². The molecule has 0 saturated carbocycles. The lowest BCUT2D eigenvalue weighted by Gasteiger charge is -2.12. The van der Waals surface area contributed by atoms with Gasteiger partial charge in [-0.15, -0.1) is 0 Å². The summed E-state index contributed by atoms with van der Waals surface area (Å²) in [5.74, 6) is -0.331. The molecule has 0 fully saturated rings. The van der Waals surface area contributed by atoms with Crippen LogP contribution >= 0.6 is 11.6 Å². The van der Waals surface area contributed by atoms with Gasteiger partial charge in [0.15, 0.2) is 0 Å². The van der Waals surface area contributed by atoms with Gasteiger partial charge in [0, 0.05) is 17.2 Å². The molecule has 0 aromatic heterocycles. The monoisotopic (exact) mass is 306 g/mol. The van der Waals surface area contributed by atoms with E-state index in [0.717, 1.165) is 5.56 Å². The molecule has 0 unspecified atom stereocenters. The van der Waals surface area contributed by atoms with Crippen LogP contribution in [0.1, 0.15) is 21.5 Å². The molecule has 0 amide bonds. The Kier molecular flexibility index (Phi) is 5.20. The van der Waals surface area contributed by atoms with Crippen LogP contribution in [0.25, 0.3) is 0 Å². The molecule has 0 spiro atoms. The molecule has 0 aliphatic rings. The smallest absolute Gasteiger partial charge is 0.335 e. The number of hydrogen-bond donors (Lipinski definition) is 2. The van der Waals surface area contributed by atoms with Crippen LogP contribution in [-0.4, -0.2) is 22.8 Å². The van der Waals surface area contributed by atoms with Crippen LogP contribution in [0.5, 0.6) is 5.75 Å². The third-order valence-electron chi connectivity index (χ3n) is 3.04. The summed E-state index contributed by atoms with van der Waals surface area (Å²) in [4.78, 5) is 10.8. The fourth-order valence-electron chi connectivity index (χ4n) is 1.92. The van der Waals surface area contributed by atoms with Crippen LogP contribution in [0.4, 0.5) is 0 Å². The molecule has 5 heteroatoms. The van der Waals surface area contributed by atoms with Crippen molar-refractivity contribution in [3.63, 3.8) is 0 Å². The number of aliphatic hydroxyl groups excluding tert-OH is 1. The van der Waals surface area contributed by atoms with E-state index in [0.29, 0.717) is 22.8 Å². The Morgan fingerprint density at radius 1 is 1.14 bits per heavy atom. The highest BCUT2D eigenvalue weighted by molar-refractivity contribution is 6.31. The van der Waals surface area contributed by atoms with Gasteiger partial charge in [0.1, 0.15) is 12.4 Å². The lowest BCUT2D eigenvalue weighted by molar-refractivity contribution is 0.0697. The second-order valence-corrected chi connectivity index (χ2v) is 4.89. The topological polar surface area (TPSA) is 66.8 Å². The maximum absolute atomic E-state index is 10.8. The first-order valence-electron chi connectivity index (χ1n) is 6.45. The zero-order valence-corrected chi connectivity index (χ0v) is 12.0. The molecule has 0 bridgehead atoms. The lowest BCUT2D eigenvalue weighted by atomic mass is 10.1. The van der Waals surface area contributed by atoms with Crippen LogP contribution in [0.15, 0.2) is 42.5 Å². The Morgan fingerprint density at radius 3 is 2.57 bits per heavy atom. The Labute approximate surface area is 127 Å². The minimum absolute atomic E-state index is 0.0500. The fraction of sp³-hybridized carbons (Fsp3) is 0.188. The number of hydrogen-bond acceptors (Lipinski definition) is 3. The number of rotatable bonds is 6. The molecule has 110 valence electrons. The number of para-hydroxylation sites is 1. The molecule has 2 rings (SSSR count). The predicted octanol–water partition coefficient (Wildman–Crippen LogP) is 3.15. The van der Waals surface area contributed by atoms with Gasteiger partial charge in [-0.05, 0) is 30.2 Å². The molecule has 2 aromatic rings. The van der Waals surface area contributed by atoms with Gasteiger partial charge in [0.05, 0.1) is 5.56 Å². The van der Waals surface area contributed by atoms with Crippen molar-refractivity contribution < 1.29 is 19.7 Å². The SMILES string of the molecule is O=C(O)c1ccc(COc2ccccc2CCO)c(Cl)c1. The molecule has 4 nitrogen and oxygen atoms in total. The first kappa shape index (κ1) is 15.4. The number of carbonyl (C=O) groups is 1. The van der Waals surface area contributed by atoms with Gasteiger partial charge in [0.2, 0.25) is 0 Å². The van der Waals surface area contributed by atoms with Crippen LogP contribution in [0.3, 0.4) is 0 Å². The molecule has 0 aliphatic heterocycles. The van der Waals surface area contributed by atoms with Crippen molar-refractivity contribution in [2.24, 2.45) is 0 Å². The van der Waals surface area contributed by atoms with Crippen LogP contribution < -0.4 is 4.74 Å². The van der Waals surface area contributed by atoms with E-state index in [4.69, 9.17) is 26.6 Å². The minimum atomic E-state index is -1.02. The average Bonchev–Trinajstić information content (AvgIpc) is 2.47. The van der Waals surface area contributed by atoms with Crippen LogP contribution in [0.2, 0.25) is 5.02 Å². The van der Waals surface area contributed by atoms with Crippen LogP contribution in [0, 0.1) is 0 Å². The van der Waals surface area contributed by atoms with Gasteiger partial charge >= 0.3 is 5.97 Å². The van der Waals surface area contributed by atoms with E-state index in [2.05, 4.69) is 0 Å². The third kappa shape index (κ3) is 3.97. The summed E-state index contributed by atoms with van der Waals surface area (Å²) in [6.07, 6.45) is 0.516. The zero-order chi connectivity index (χ0) is 15.2. The minimum Gasteiger partial charge on any atom is -0.489 e. The van der Waals surface area contributed by atoms with E-state index >= 15 is 0 Å². The highest BCUT2D eigenvalue weighted by Gasteiger charge is 2.08. The van der Waals surface area contributed by atoms with Gasteiger partial charge in [-0.1, -0.05) is 35.9 Å². The molecular weight excluding hydrogens is 292 g/mol. The number of ether oxygens (including phenoxy) is 1. The Balaban J connectivity index is 2.11. The van der Waals surface area contributed by atoms with Gasteiger partial charge < -0.3 is 14.9 Å². The van der Waals surface area contributed by atoms with E-state index < -0.39 is 5.97 Å². The Morgan fingerprint density at radius 2 is 1.90 bits per heavy atom. The quantitative estimate of drug-likeness (QED) is 0.860. The third-order valence-corrected chi connectivity index (χ3v) is 3.39. The zero-order valence-electron chi connectivity index (χ0n) is 11.3. The number of carboxylic acids is 1. The number of aliphatic hydroxyl groups is 1. The molecule has 0 saturated heterocycles. The fourth-order valence-corrected chi connectivity index (χ4v) is 2.16. The normalized spacial score (nSPS) is 10.4. The molecule has 0 aliphatic carbocycles. The van der Waals surface area contributed by atoms with Crippen molar-refractivity contribution in [2.75, 3.05) is 6.61 Å². The van der Waals surface area contributed by atoms with Crippen molar-refractivity contribution in [3.05, 3.63) is 64.2 Å². The van der Waals surface area contributed by atoms with Gasteiger partial charge in [-0.25, -0.2) is 4.79 Å². The Hall–Kier alpha value is -2.04. The van der Waals surface area contributed by atoms with E-state index in [-0.39, 0.29) is 18.8 Å². The standard InChI is InChI=1S/C16H15ClO4/c17-14-9-12(16(19)20)5-6-13(14)10-21-15-4-2-1-3-11(15)7-8-18/h1-6,9,18H,7-8,10H2,(H,19,20). The van der Waals surface area contributed by atoms with Gasteiger partial charge in [-0.2, -0.15) is 0 Å². The number of aromatic carboxylic acids is 1. The van der Waals surface area contributed by atoms with Crippen LogP contribution in [-0.2, 0) is 13.0 Å². The molecule has 0 atom stereocenters. The molecular formula is C16H15ClO4. The molecule has 21 heavy (non-hydrogen) atoms. The van der Waals surface area contributed by atoms with Crippen molar-refractivity contribution in [1.29, 1.82) is 0 Å². The first-order chi connectivity index (χ1) is 10.1. The van der Waals surface area contributed by atoms with Crippen molar-refractivity contribution in [1.82, 2.24) is 0 Å². The number of halogens is 1. The van der Waals surface area contributed by atoms with Crippen molar-refractivity contribution in [3.8, 4) is 5.75 Å². The predicted molar refractivity (Wildman–Crippen MR) is 80.0 cm³/mol.